The maximum atomic E-state index is 11.0. The van der Waals surface area contributed by atoms with Crippen LogP contribution in [0.5, 0.6) is 0 Å². The van der Waals surface area contributed by atoms with E-state index in [4.69, 9.17) is 5.11 Å². The number of hydrogen-bond donors (Lipinski definition) is 1. The molecule has 1 N–H and O–H groups in total. The lowest BCUT2D eigenvalue weighted by atomic mass is 10.1. The molecule has 2 aromatic heterocycles. The Kier molecular flexibility index (Phi) is 3.77. The largest absolute Gasteiger partial charge is 0.478 e. The van der Waals surface area contributed by atoms with Gasteiger partial charge in [0.15, 0.2) is 0 Å². The molecule has 0 saturated heterocycles. The lowest BCUT2D eigenvalue weighted by Crippen LogP contribution is -2.04. The minimum absolute atomic E-state index is 0.300. The van der Waals surface area contributed by atoms with Crippen LogP contribution in [0.25, 0.3) is 10.6 Å². The molecule has 0 atom stereocenters. The monoisotopic (exact) mass is 261 g/mol. The molecule has 2 rings (SSSR count). The molecule has 0 aromatic carbocycles. The van der Waals surface area contributed by atoms with Crippen molar-refractivity contribution in [1.82, 2.24) is 4.98 Å². The minimum Gasteiger partial charge on any atom is -0.478 e. The highest BCUT2D eigenvalue weighted by molar-refractivity contribution is 7.15. The number of thiophene rings is 1. The van der Waals surface area contributed by atoms with Gasteiger partial charge in [0.1, 0.15) is 0 Å². The molecule has 0 amide bonds. The van der Waals surface area contributed by atoms with Crippen molar-refractivity contribution in [2.24, 2.45) is 0 Å². The van der Waals surface area contributed by atoms with Gasteiger partial charge in [0, 0.05) is 4.88 Å². The van der Waals surface area contributed by atoms with Gasteiger partial charge in [-0.1, -0.05) is 13.8 Å². The number of rotatable bonds is 4. The molecule has 0 aliphatic carbocycles. The van der Waals surface area contributed by atoms with Gasteiger partial charge in [-0.2, -0.15) is 0 Å². The van der Waals surface area contributed by atoms with Gasteiger partial charge in [0.05, 0.1) is 21.8 Å². The average Bonchev–Trinajstić information content (AvgIpc) is 2.86. The molecule has 0 saturated carbocycles. The van der Waals surface area contributed by atoms with Gasteiger partial charge in [0.2, 0.25) is 0 Å². The molecule has 0 radical (unpaired) electrons. The van der Waals surface area contributed by atoms with Crippen LogP contribution in [0.2, 0.25) is 0 Å². The molecule has 0 fully saturated rings. The first kappa shape index (κ1) is 12.8. The third-order valence-electron chi connectivity index (χ3n) is 2.80. The zero-order chi connectivity index (χ0) is 13.1. The number of hydrogen-bond acceptors (Lipinski definition) is 3. The summed E-state index contributed by atoms with van der Waals surface area (Å²) in [5.74, 6) is -0.911. The Bertz CT molecular complexity index is 575. The molecule has 4 heteroatoms. The van der Waals surface area contributed by atoms with Gasteiger partial charge >= 0.3 is 5.97 Å². The lowest BCUT2D eigenvalue weighted by Gasteiger charge is -2.04. The van der Waals surface area contributed by atoms with Gasteiger partial charge in [-0.05, 0) is 37.1 Å². The third-order valence-corrected chi connectivity index (χ3v) is 4.05. The summed E-state index contributed by atoms with van der Waals surface area (Å²) in [6, 6.07) is 7.58. The molecule has 0 bridgehead atoms. The zero-order valence-electron chi connectivity index (χ0n) is 10.4. The first-order valence-electron chi connectivity index (χ1n) is 5.98. The maximum Gasteiger partial charge on any atom is 0.337 e. The fourth-order valence-electron chi connectivity index (χ4n) is 1.81. The van der Waals surface area contributed by atoms with E-state index in [0.29, 0.717) is 17.7 Å². The summed E-state index contributed by atoms with van der Waals surface area (Å²) in [7, 11) is 0. The second-order valence-corrected chi connectivity index (χ2v) is 5.14. The van der Waals surface area contributed by atoms with Crippen LogP contribution < -0.4 is 0 Å². The Morgan fingerprint density at radius 3 is 2.56 bits per heavy atom. The van der Waals surface area contributed by atoms with Gasteiger partial charge in [-0.3, -0.25) is 4.98 Å². The summed E-state index contributed by atoms with van der Waals surface area (Å²) in [4.78, 5) is 17.9. The number of nitrogens with zero attached hydrogens (tertiary/aromatic N) is 1. The quantitative estimate of drug-likeness (QED) is 0.914. The molecule has 0 aliphatic rings. The van der Waals surface area contributed by atoms with E-state index in [1.807, 2.05) is 13.0 Å². The second kappa shape index (κ2) is 5.31. The highest BCUT2D eigenvalue weighted by atomic mass is 32.1. The first-order valence-corrected chi connectivity index (χ1v) is 6.79. The third kappa shape index (κ3) is 2.43. The molecular weight excluding hydrogens is 246 g/mol. The van der Waals surface area contributed by atoms with Crippen LogP contribution in [-0.4, -0.2) is 16.1 Å². The fraction of sp³-hybridized carbons (Fsp3) is 0.286. The highest BCUT2D eigenvalue weighted by Crippen LogP contribution is 2.27. The summed E-state index contributed by atoms with van der Waals surface area (Å²) >= 11 is 1.71. The van der Waals surface area contributed by atoms with Gasteiger partial charge in [0.25, 0.3) is 0 Å². The predicted molar refractivity (Wildman–Crippen MR) is 73.3 cm³/mol. The predicted octanol–water partition coefficient (Wildman–Crippen LogP) is 3.63. The molecule has 2 aromatic rings. The number of aromatic nitrogens is 1. The Morgan fingerprint density at radius 1 is 1.22 bits per heavy atom. The van der Waals surface area contributed by atoms with Crippen LogP contribution in [0.15, 0.2) is 24.3 Å². The van der Waals surface area contributed by atoms with Crippen molar-refractivity contribution in [3.8, 4) is 10.6 Å². The molecule has 2 heterocycles. The van der Waals surface area contributed by atoms with Crippen molar-refractivity contribution in [2.75, 3.05) is 0 Å². The zero-order valence-corrected chi connectivity index (χ0v) is 11.3. The van der Waals surface area contributed by atoms with E-state index in [-0.39, 0.29) is 0 Å². The van der Waals surface area contributed by atoms with Crippen LogP contribution in [0.1, 0.15) is 34.8 Å². The lowest BCUT2D eigenvalue weighted by molar-refractivity contribution is 0.0695. The first-order chi connectivity index (χ1) is 8.65. The second-order valence-electron chi connectivity index (χ2n) is 3.97. The van der Waals surface area contributed by atoms with Crippen molar-refractivity contribution in [3.05, 3.63) is 40.4 Å². The van der Waals surface area contributed by atoms with E-state index >= 15 is 0 Å². The van der Waals surface area contributed by atoms with Crippen molar-refractivity contribution in [1.29, 1.82) is 0 Å². The average molecular weight is 261 g/mol. The van der Waals surface area contributed by atoms with Crippen LogP contribution in [-0.2, 0) is 12.8 Å². The highest BCUT2D eigenvalue weighted by Gasteiger charge is 2.12. The summed E-state index contributed by atoms with van der Waals surface area (Å²) in [5, 5.41) is 9.06. The van der Waals surface area contributed by atoms with Gasteiger partial charge < -0.3 is 5.11 Å². The molecule has 3 nitrogen and oxygen atoms in total. The van der Waals surface area contributed by atoms with E-state index in [0.717, 1.165) is 17.0 Å². The molecule has 0 aliphatic heterocycles. The van der Waals surface area contributed by atoms with E-state index < -0.39 is 5.97 Å². The topological polar surface area (TPSA) is 50.2 Å². The summed E-state index contributed by atoms with van der Waals surface area (Å²) < 4.78 is 0. The fourth-order valence-corrected chi connectivity index (χ4v) is 2.73. The number of carbonyl (C=O) groups is 1. The number of aromatic carboxylic acids is 1. The Morgan fingerprint density at radius 2 is 2.00 bits per heavy atom. The molecular formula is C14H15NO2S. The Balaban J connectivity index is 2.43. The van der Waals surface area contributed by atoms with E-state index in [2.05, 4.69) is 18.0 Å². The van der Waals surface area contributed by atoms with Crippen LogP contribution in [0, 0.1) is 0 Å². The van der Waals surface area contributed by atoms with E-state index in [9.17, 15) is 4.79 Å². The normalized spacial score (nSPS) is 10.6. The molecule has 0 unspecified atom stereocenters. The van der Waals surface area contributed by atoms with Gasteiger partial charge in [-0.25, -0.2) is 4.79 Å². The Labute approximate surface area is 110 Å². The summed E-state index contributed by atoms with van der Waals surface area (Å²) in [6.07, 6.45) is 1.64. The molecule has 18 heavy (non-hydrogen) atoms. The van der Waals surface area contributed by atoms with Crippen LogP contribution in [0.4, 0.5) is 0 Å². The minimum atomic E-state index is -0.911. The van der Waals surface area contributed by atoms with E-state index in [1.54, 1.807) is 23.5 Å². The van der Waals surface area contributed by atoms with Crippen LogP contribution >= 0.6 is 11.3 Å². The molecule has 0 spiro atoms. The van der Waals surface area contributed by atoms with Crippen LogP contribution in [0.3, 0.4) is 0 Å². The number of aryl methyl sites for hydroxylation is 2. The SMILES string of the molecule is CCc1ccc(-c2ccc(C(=O)O)c(CC)n2)s1. The molecule has 94 valence electrons. The number of carboxylic acid groups (broad SMARTS) is 1. The van der Waals surface area contributed by atoms with Crippen molar-refractivity contribution in [3.63, 3.8) is 0 Å². The summed E-state index contributed by atoms with van der Waals surface area (Å²) in [5.41, 5.74) is 1.81. The van der Waals surface area contributed by atoms with Crippen molar-refractivity contribution in [2.45, 2.75) is 26.7 Å². The smallest absolute Gasteiger partial charge is 0.337 e. The standard InChI is InChI=1S/C14H15NO2S/c1-3-9-5-8-13(18-9)12-7-6-10(14(16)17)11(4-2)15-12/h5-8H,3-4H2,1-2H3,(H,16,17). The van der Waals surface area contributed by atoms with Crippen molar-refractivity contribution >= 4 is 17.3 Å². The number of carboxylic acids is 1. The van der Waals surface area contributed by atoms with Gasteiger partial charge in [-0.15, -0.1) is 11.3 Å². The number of pyridine rings is 1. The van der Waals surface area contributed by atoms with E-state index in [1.165, 1.54) is 4.88 Å². The van der Waals surface area contributed by atoms with Crippen molar-refractivity contribution < 1.29 is 9.90 Å². The summed E-state index contributed by atoms with van der Waals surface area (Å²) in [6.45, 7) is 4.04. The maximum absolute atomic E-state index is 11.0. The Hall–Kier alpha value is -1.68.